The maximum Gasteiger partial charge on any atom is 0.418 e. The third kappa shape index (κ3) is 4.92. The number of hydrogen-bond donors (Lipinski definition) is 2. The molecule has 3 aromatic rings. The molecular weight excluding hydrogens is 399 g/mol. The van der Waals surface area contributed by atoms with E-state index in [0.29, 0.717) is 16.4 Å². The first-order valence-electron chi connectivity index (χ1n) is 7.57. The number of carbonyl (C=O) groups excluding carboxylic acids is 2. The van der Waals surface area contributed by atoms with E-state index in [4.69, 9.17) is 0 Å². The first kappa shape index (κ1) is 19.1. The zero-order chi connectivity index (χ0) is 19.4. The van der Waals surface area contributed by atoms with Crippen molar-refractivity contribution in [2.45, 2.75) is 12.6 Å². The van der Waals surface area contributed by atoms with E-state index in [-0.39, 0.29) is 18.0 Å². The first-order valence-corrected chi connectivity index (χ1v) is 9.39. The van der Waals surface area contributed by atoms with Crippen LogP contribution in [-0.2, 0) is 17.4 Å². The summed E-state index contributed by atoms with van der Waals surface area (Å²) in [6, 6.07) is 6.41. The lowest BCUT2D eigenvalue weighted by Gasteiger charge is -2.13. The van der Waals surface area contributed by atoms with E-state index in [9.17, 15) is 22.8 Å². The molecule has 0 atom stereocenters. The standard InChI is InChI=1S/C17H12F3N3O2S2/c18-17(19,20)12-3-1-2-4-13(12)22-14(24)7-11-9-27-16(21-11)23-15(25)10-5-6-26-8-10/h1-6,8-9H,7H2,(H,22,24)(H,21,23,25). The number of anilines is 2. The van der Waals surface area contributed by atoms with Crippen LogP contribution in [0.5, 0.6) is 0 Å². The zero-order valence-electron chi connectivity index (χ0n) is 13.5. The van der Waals surface area contributed by atoms with Gasteiger partial charge in [0.2, 0.25) is 5.91 Å². The van der Waals surface area contributed by atoms with Gasteiger partial charge in [-0.15, -0.1) is 11.3 Å². The van der Waals surface area contributed by atoms with Crippen molar-refractivity contribution in [1.29, 1.82) is 0 Å². The van der Waals surface area contributed by atoms with E-state index in [1.807, 2.05) is 0 Å². The number of para-hydroxylation sites is 1. The fourth-order valence-electron chi connectivity index (χ4n) is 2.21. The van der Waals surface area contributed by atoms with Gasteiger partial charge in [-0.2, -0.15) is 24.5 Å². The Labute approximate surface area is 159 Å². The molecule has 2 aromatic heterocycles. The van der Waals surface area contributed by atoms with E-state index in [0.717, 1.165) is 17.4 Å². The summed E-state index contributed by atoms with van der Waals surface area (Å²) in [7, 11) is 0. The minimum atomic E-state index is -4.57. The van der Waals surface area contributed by atoms with Crippen LogP contribution >= 0.6 is 22.7 Å². The number of nitrogens with one attached hydrogen (secondary N) is 2. The molecule has 0 aliphatic rings. The maximum absolute atomic E-state index is 13.0. The normalized spacial score (nSPS) is 11.2. The van der Waals surface area contributed by atoms with Crippen LogP contribution in [0.15, 0.2) is 46.5 Å². The summed E-state index contributed by atoms with van der Waals surface area (Å²) in [5, 5.41) is 10.2. The monoisotopic (exact) mass is 411 g/mol. The predicted molar refractivity (Wildman–Crippen MR) is 98.2 cm³/mol. The molecule has 0 aliphatic heterocycles. The molecule has 0 radical (unpaired) electrons. The predicted octanol–water partition coefficient (Wildman–Crippen LogP) is 4.66. The van der Waals surface area contributed by atoms with E-state index in [1.165, 1.54) is 29.5 Å². The average molecular weight is 411 g/mol. The maximum atomic E-state index is 13.0. The zero-order valence-corrected chi connectivity index (χ0v) is 15.2. The molecule has 0 bridgehead atoms. The third-order valence-electron chi connectivity index (χ3n) is 3.40. The topological polar surface area (TPSA) is 71.1 Å². The van der Waals surface area contributed by atoms with Crippen LogP contribution in [-0.4, -0.2) is 16.8 Å². The number of halogens is 3. The lowest BCUT2D eigenvalue weighted by atomic mass is 10.1. The highest BCUT2D eigenvalue weighted by Gasteiger charge is 2.33. The summed E-state index contributed by atoms with van der Waals surface area (Å²) in [6.07, 6.45) is -4.78. The van der Waals surface area contributed by atoms with Gasteiger partial charge in [0.05, 0.1) is 28.9 Å². The molecule has 140 valence electrons. The Morgan fingerprint density at radius 3 is 2.56 bits per heavy atom. The summed E-state index contributed by atoms with van der Waals surface area (Å²) in [4.78, 5) is 28.2. The van der Waals surface area contributed by atoms with Crippen molar-refractivity contribution in [3.05, 3.63) is 63.3 Å². The van der Waals surface area contributed by atoms with Gasteiger partial charge in [0.25, 0.3) is 5.91 Å². The van der Waals surface area contributed by atoms with Crippen LogP contribution in [0.3, 0.4) is 0 Å². The van der Waals surface area contributed by atoms with Crippen LogP contribution in [0.4, 0.5) is 24.0 Å². The van der Waals surface area contributed by atoms with Crippen LogP contribution in [0.1, 0.15) is 21.6 Å². The van der Waals surface area contributed by atoms with Crippen LogP contribution in [0.25, 0.3) is 0 Å². The Morgan fingerprint density at radius 2 is 1.85 bits per heavy atom. The number of amides is 2. The minimum Gasteiger partial charge on any atom is -0.325 e. The highest BCUT2D eigenvalue weighted by Crippen LogP contribution is 2.34. The van der Waals surface area contributed by atoms with Gasteiger partial charge in [-0.25, -0.2) is 4.98 Å². The number of nitrogens with zero attached hydrogens (tertiary/aromatic N) is 1. The number of carbonyl (C=O) groups is 2. The Hall–Kier alpha value is -2.72. The molecule has 0 saturated carbocycles. The summed E-state index contributed by atoms with van der Waals surface area (Å²) < 4.78 is 38.9. The second-order valence-electron chi connectivity index (χ2n) is 5.38. The fourth-order valence-corrected chi connectivity index (χ4v) is 3.55. The average Bonchev–Trinajstić information content (AvgIpc) is 3.26. The molecule has 10 heteroatoms. The highest BCUT2D eigenvalue weighted by atomic mass is 32.1. The highest BCUT2D eigenvalue weighted by molar-refractivity contribution is 7.14. The Morgan fingerprint density at radius 1 is 1.07 bits per heavy atom. The summed E-state index contributed by atoms with van der Waals surface area (Å²) in [5.74, 6) is -0.951. The van der Waals surface area contributed by atoms with Gasteiger partial charge in [0.1, 0.15) is 0 Å². The quantitative estimate of drug-likeness (QED) is 0.642. The summed E-state index contributed by atoms with van der Waals surface area (Å²) in [6.45, 7) is 0. The largest absolute Gasteiger partial charge is 0.418 e. The molecule has 3 rings (SSSR count). The molecule has 27 heavy (non-hydrogen) atoms. The SMILES string of the molecule is O=C(Cc1csc(NC(=O)c2ccsc2)n1)Nc1ccccc1C(F)(F)F. The molecule has 0 spiro atoms. The third-order valence-corrected chi connectivity index (χ3v) is 4.89. The molecule has 0 fully saturated rings. The second-order valence-corrected chi connectivity index (χ2v) is 7.02. The van der Waals surface area contributed by atoms with Gasteiger partial charge in [0, 0.05) is 10.8 Å². The number of rotatable bonds is 5. The van der Waals surface area contributed by atoms with Gasteiger partial charge in [0.15, 0.2) is 5.13 Å². The molecule has 5 nitrogen and oxygen atoms in total. The van der Waals surface area contributed by atoms with Gasteiger partial charge in [-0.1, -0.05) is 12.1 Å². The van der Waals surface area contributed by atoms with Gasteiger partial charge < -0.3 is 5.32 Å². The molecule has 0 aliphatic carbocycles. The number of hydrogen-bond acceptors (Lipinski definition) is 5. The Kier molecular flexibility index (Phi) is 5.57. The minimum absolute atomic E-state index is 0.211. The van der Waals surface area contributed by atoms with E-state index < -0.39 is 17.6 Å². The van der Waals surface area contributed by atoms with E-state index in [1.54, 1.807) is 22.2 Å². The van der Waals surface area contributed by atoms with Crippen molar-refractivity contribution in [3.8, 4) is 0 Å². The smallest absolute Gasteiger partial charge is 0.325 e. The summed E-state index contributed by atoms with van der Waals surface area (Å²) in [5.41, 5.74) is -0.377. The number of thiazole rings is 1. The summed E-state index contributed by atoms with van der Waals surface area (Å²) >= 11 is 2.52. The number of thiophene rings is 1. The van der Waals surface area contributed by atoms with E-state index in [2.05, 4.69) is 15.6 Å². The molecule has 2 N–H and O–H groups in total. The Bertz CT molecular complexity index is 952. The first-order chi connectivity index (χ1) is 12.8. The molecule has 0 saturated heterocycles. The number of benzene rings is 1. The van der Waals surface area contributed by atoms with Gasteiger partial charge in [-0.3, -0.25) is 14.9 Å². The van der Waals surface area contributed by atoms with Crippen molar-refractivity contribution in [3.63, 3.8) is 0 Å². The lowest BCUT2D eigenvalue weighted by molar-refractivity contribution is -0.137. The van der Waals surface area contributed by atoms with Crippen LogP contribution in [0, 0.1) is 0 Å². The van der Waals surface area contributed by atoms with Crippen molar-refractivity contribution in [2.24, 2.45) is 0 Å². The van der Waals surface area contributed by atoms with Crippen LogP contribution in [0.2, 0.25) is 0 Å². The number of aromatic nitrogens is 1. The van der Waals surface area contributed by atoms with Crippen LogP contribution < -0.4 is 10.6 Å². The molecular formula is C17H12F3N3O2S2. The van der Waals surface area contributed by atoms with E-state index >= 15 is 0 Å². The van der Waals surface area contributed by atoms with Crippen molar-refractivity contribution in [1.82, 2.24) is 4.98 Å². The molecule has 2 heterocycles. The molecule has 0 unspecified atom stereocenters. The van der Waals surface area contributed by atoms with Crippen molar-refractivity contribution < 1.29 is 22.8 Å². The number of alkyl halides is 3. The van der Waals surface area contributed by atoms with Crippen molar-refractivity contribution >= 4 is 45.3 Å². The van der Waals surface area contributed by atoms with Crippen molar-refractivity contribution in [2.75, 3.05) is 10.6 Å². The Balaban J connectivity index is 1.63. The molecule has 2 amide bonds. The van der Waals surface area contributed by atoms with Gasteiger partial charge >= 0.3 is 6.18 Å². The van der Waals surface area contributed by atoms with Gasteiger partial charge in [-0.05, 0) is 23.6 Å². The second kappa shape index (κ2) is 7.89. The molecule has 1 aromatic carbocycles. The lowest BCUT2D eigenvalue weighted by Crippen LogP contribution is -2.18. The fraction of sp³-hybridized carbons (Fsp3) is 0.118.